The molecule has 150 valence electrons. The van der Waals surface area contributed by atoms with Crippen LogP contribution in [0.25, 0.3) is 0 Å². The van der Waals surface area contributed by atoms with Gasteiger partial charge in [0.15, 0.2) is 0 Å². The second-order valence-electron chi connectivity index (χ2n) is 7.40. The van der Waals surface area contributed by atoms with E-state index in [9.17, 15) is 23.5 Å². The molecule has 29 heavy (non-hydrogen) atoms. The standard InChI is InChI=1S/C21H19F3N4O/c1-12-18(13-2-6-16(7-3-13)21(22,23)24)27-20-15(10-25)11-26-28(20)19(12)14-4-8-17(29)9-5-14/h2-9,11-12,15,18-20,27,29H,1H3. The van der Waals surface area contributed by atoms with Crippen molar-refractivity contribution in [3.05, 3.63) is 65.2 Å². The zero-order valence-electron chi connectivity index (χ0n) is 15.5. The van der Waals surface area contributed by atoms with E-state index in [-0.39, 0.29) is 29.9 Å². The summed E-state index contributed by atoms with van der Waals surface area (Å²) in [5.74, 6) is -0.396. The van der Waals surface area contributed by atoms with Crippen molar-refractivity contribution in [3.63, 3.8) is 0 Å². The minimum absolute atomic E-state index is 0.0675. The highest BCUT2D eigenvalue weighted by Crippen LogP contribution is 2.45. The second kappa shape index (κ2) is 7.08. The third kappa shape index (κ3) is 3.42. The molecule has 1 saturated heterocycles. The first-order valence-electron chi connectivity index (χ1n) is 9.24. The van der Waals surface area contributed by atoms with E-state index < -0.39 is 17.7 Å². The van der Waals surface area contributed by atoms with Crippen LogP contribution in [0.3, 0.4) is 0 Å². The average molecular weight is 400 g/mol. The number of nitrogens with one attached hydrogen (secondary N) is 1. The lowest BCUT2D eigenvalue weighted by Crippen LogP contribution is -2.55. The van der Waals surface area contributed by atoms with Gasteiger partial charge in [0.2, 0.25) is 0 Å². The number of benzene rings is 2. The number of phenols is 1. The minimum Gasteiger partial charge on any atom is -0.508 e. The quantitative estimate of drug-likeness (QED) is 0.793. The number of hydrogen-bond acceptors (Lipinski definition) is 5. The number of alkyl halides is 3. The molecule has 0 amide bonds. The zero-order chi connectivity index (χ0) is 20.8. The molecule has 2 aromatic carbocycles. The van der Waals surface area contributed by atoms with Crippen molar-refractivity contribution in [2.24, 2.45) is 16.9 Å². The molecule has 2 aliphatic heterocycles. The fourth-order valence-electron chi connectivity index (χ4n) is 4.16. The van der Waals surface area contributed by atoms with Crippen molar-refractivity contribution in [2.75, 3.05) is 0 Å². The van der Waals surface area contributed by atoms with Crippen LogP contribution in [0, 0.1) is 23.2 Å². The number of fused-ring (bicyclic) bond motifs is 1. The lowest BCUT2D eigenvalue weighted by atomic mass is 9.81. The summed E-state index contributed by atoms with van der Waals surface area (Å²) in [6, 6.07) is 13.7. The van der Waals surface area contributed by atoms with Gasteiger partial charge >= 0.3 is 6.18 Å². The van der Waals surface area contributed by atoms with Gasteiger partial charge in [-0.2, -0.15) is 23.5 Å². The number of hydrogen-bond donors (Lipinski definition) is 2. The van der Waals surface area contributed by atoms with E-state index in [4.69, 9.17) is 0 Å². The normalized spacial score (nSPS) is 28.8. The summed E-state index contributed by atoms with van der Waals surface area (Å²) in [5.41, 5.74) is 0.937. The molecule has 4 rings (SSSR count). The van der Waals surface area contributed by atoms with Crippen LogP contribution in [0.2, 0.25) is 0 Å². The largest absolute Gasteiger partial charge is 0.508 e. The predicted molar refractivity (Wildman–Crippen MR) is 101 cm³/mol. The molecule has 5 unspecified atom stereocenters. The number of hydrazone groups is 1. The van der Waals surface area contributed by atoms with Crippen LogP contribution in [0.5, 0.6) is 5.75 Å². The summed E-state index contributed by atoms with van der Waals surface area (Å²) < 4.78 is 38.8. The van der Waals surface area contributed by atoms with Crippen LogP contribution in [0.15, 0.2) is 53.6 Å². The van der Waals surface area contributed by atoms with Crippen LogP contribution in [0.4, 0.5) is 13.2 Å². The molecule has 0 saturated carbocycles. The Bertz CT molecular complexity index is 950. The summed E-state index contributed by atoms with van der Waals surface area (Å²) in [6.07, 6.45) is -3.18. The summed E-state index contributed by atoms with van der Waals surface area (Å²) >= 11 is 0. The number of halogens is 3. The molecule has 0 aromatic heterocycles. The molecular weight excluding hydrogens is 381 g/mol. The molecule has 1 fully saturated rings. The number of nitriles is 1. The molecule has 5 atom stereocenters. The second-order valence-corrected chi connectivity index (χ2v) is 7.40. The van der Waals surface area contributed by atoms with Gasteiger partial charge in [-0.25, -0.2) is 0 Å². The molecule has 2 aromatic rings. The number of nitrogens with zero attached hydrogens (tertiary/aromatic N) is 3. The maximum atomic E-state index is 12.9. The molecule has 5 nitrogen and oxygen atoms in total. The Morgan fingerprint density at radius 2 is 1.69 bits per heavy atom. The van der Waals surface area contributed by atoms with Crippen molar-refractivity contribution >= 4 is 6.21 Å². The van der Waals surface area contributed by atoms with Gasteiger partial charge in [0, 0.05) is 18.2 Å². The highest BCUT2D eigenvalue weighted by Gasteiger charge is 2.46. The van der Waals surface area contributed by atoms with Gasteiger partial charge in [-0.3, -0.25) is 10.3 Å². The molecular formula is C21H19F3N4O. The van der Waals surface area contributed by atoms with Crippen LogP contribution in [0.1, 0.15) is 35.7 Å². The van der Waals surface area contributed by atoms with Gasteiger partial charge in [0.05, 0.1) is 17.7 Å². The summed E-state index contributed by atoms with van der Waals surface area (Å²) in [4.78, 5) is 0. The van der Waals surface area contributed by atoms with Gasteiger partial charge < -0.3 is 5.11 Å². The van der Waals surface area contributed by atoms with E-state index in [0.717, 1.165) is 23.3 Å². The number of phenolic OH excluding ortho intramolecular Hbond substituents is 1. The highest BCUT2D eigenvalue weighted by molar-refractivity contribution is 5.67. The summed E-state index contributed by atoms with van der Waals surface area (Å²) in [6.45, 7) is 2.00. The zero-order valence-corrected chi connectivity index (χ0v) is 15.5. The maximum Gasteiger partial charge on any atom is 0.416 e. The van der Waals surface area contributed by atoms with Gasteiger partial charge in [0.1, 0.15) is 17.8 Å². The van der Waals surface area contributed by atoms with E-state index in [0.29, 0.717) is 0 Å². The Morgan fingerprint density at radius 3 is 2.28 bits per heavy atom. The number of aromatic hydroxyl groups is 1. The minimum atomic E-state index is -4.39. The average Bonchev–Trinajstić information content (AvgIpc) is 3.10. The highest BCUT2D eigenvalue weighted by atomic mass is 19.4. The lowest BCUT2D eigenvalue weighted by Gasteiger charge is -2.47. The predicted octanol–water partition coefficient (Wildman–Crippen LogP) is 4.20. The van der Waals surface area contributed by atoms with Gasteiger partial charge in [-0.05, 0) is 35.4 Å². The first-order valence-corrected chi connectivity index (χ1v) is 9.24. The number of rotatable bonds is 2. The third-order valence-corrected chi connectivity index (χ3v) is 5.63. The van der Waals surface area contributed by atoms with Crippen molar-refractivity contribution in [2.45, 2.75) is 31.3 Å². The monoisotopic (exact) mass is 400 g/mol. The Hall–Kier alpha value is -3.05. The summed E-state index contributed by atoms with van der Waals surface area (Å²) in [5, 5.41) is 28.8. The molecule has 0 radical (unpaired) electrons. The molecule has 0 bridgehead atoms. The summed E-state index contributed by atoms with van der Waals surface area (Å²) in [7, 11) is 0. The van der Waals surface area contributed by atoms with Crippen LogP contribution < -0.4 is 5.32 Å². The van der Waals surface area contributed by atoms with Crippen molar-refractivity contribution < 1.29 is 18.3 Å². The van der Waals surface area contributed by atoms with Gasteiger partial charge in [0.25, 0.3) is 0 Å². The Labute approximate surface area is 166 Å². The fourth-order valence-corrected chi connectivity index (χ4v) is 4.16. The molecule has 2 heterocycles. The first-order chi connectivity index (χ1) is 13.8. The van der Waals surface area contributed by atoms with E-state index >= 15 is 0 Å². The molecule has 0 aliphatic carbocycles. The van der Waals surface area contributed by atoms with Crippen LogP contribution in [-0.4, -0.2) is 22.5 Å². The Morgan fingerprint density at radius 1 is 1.07 bits per heavy atom. The van der Waals surface area contributed by atoms with Crippen molar-refractivity contribution in [1.82, 2.24) is 10.3 Å². The van der Waals surface area contributed by atoms with Gasteiger partial charge in [-0.1, -0.05) is 31.2 Å². The van der Waals surface area contributed by atoms with E-state index in [1.165, 1.54) is 12.1 Å². The van der Waals surface area contributed by atoms with E-state index in [1.807, 2.05) is 11.9 Å². The lowest BCUT2D eigenvalue weighted by molar-refractivity contribution is -0.137. The topological polar surface area (TPSA) is 71.7 Å². The molecule has 8 heteroatoms. The van der Waals surface area contributed by atoms with Crippen LogP contribution in [-0.2, 0) is 6.18 Å². The first kappa shape index (κ1) is 19.3. The van der Waals surface area contributed by atoms with Crippen molar-refractivity contribution in [3.8, 4) is 11.8 Å². The maximum absolute atomic E-state index is 12.9. The molecule has 0 spiro atoms. The third-order valence-electron chi connectivity index (χ3n) is 5.63. The molecule has 2 N–H and O–H groups in total. The van der Waals surface area contributed by atoms with Crippen molar-refractivity contribution in [1.29, 1.82) is 5.26 Å². The van der Waals surface area contributed by atoms with E-state index in [1.54, 1.807) is 30.5 Å². The van der Waals surface area contributed by atoms with Gasteiger partial charge in [-0.15, -0.1) is 0 Å². The molecule has 2 aliphatic rings. The van der Waals surface area contributed by atoms with Crippen LogP contribution >= 0.6 is 0 Å². The smallest absolute Gasteiger partial charge is 0.416 e. The fraction of sp³-hybridized carbons (Fsp3) is 0.333. The Kier molecular flexibility index (Phi) is 4.71. The Balaban J connectivity index is 1.71. The van der Waals surface area contributed by atoms with E-state index in [2.05, 4.69) is 16.5 Å². The SMILES string of the molecule is CC1C(c2ccc(C(F)(F)F)cc2)NC2C(C#N)C=NN2C1c1ccc(O)cc1.